The molecule has 3 atom stereocenters. The Labute approximate surface area is 199 Å². The molecule has 0 saturated heterocycles. The van der Waals surface area contributed by atoms with E-state index < -0.39 is 55.0 Å². The number of carbonyl (C=O) groups is 4. The third-order valence-electron chi connectivity index (χ3n) is 5.30. The maximum absolute atomic E-state index is 12.6. The number of nitrogens with two attached hydrogens (primary N) is 1. The summed E-state index contributed by atoms with van der Waals surface area (Å²) in [6.45, 7) is -1.26. The second-order valence-electron chi connectivity index (χ2n) is 7.87. The summed E-state index contributed by atoms with van der Waals surface area (Å²) in [4.78, 5) is 58.3. The number of carbonyl (C=O) groups excluding carboxylic acids is 3. The zero-order valence-corrected chi connectivity index (χ0v) is 18.7. The standard InChI is InChI=1S/C22H27N7O6/c23-15(6-13-8-24-11-27-13)20(32)26-9-19(31)28-18(10-30)21(33)29-17(22(34)35)5-12-7-25-16-4-2-1-3-14(12)16/h1-4,7-8,11,15,17-18,25,30H,5-6,9-10,23H2,(H,24,27)(H,26,32)(H,28,31)(H,29,33)(H,34,35). The first kappa shape index (κ1) is 25.4. The van der Waals surface area contributed by atoms with Gasteiger partial charge in [-0.15, -0.1) is 0 Å². The van der Waals surface area contributed by atoms with Crippen molar-refractivity contribution in [1.82, 2.24) is 30.9 Å². The van der Waals surface area contributed by atoms with Crippen LogP contribution in [0.15, 0.2) is 43.0 Å². The van der Waals surface area contributed by atoms with Gasteiger partial charge in [0.1, 0.15) is 12.1 Å². The number of hydrogen-bond acceptors (Lipinski definition) is 7. The van der Waals surface area contributed by atoms with Gasteiger partial charge in [0.05, 0.1) is 25.5 Å². The molecule has 0 aliphatic carbocycles. The van der Waals surface area contributed by atoms with E-state index in [4.69, 9.17) is 5.73 Å². The second kappa shape index (κ2) is 11.8. The lowest BCUT2D eigenvalue weighted by molar-refractivity contribution is -0.142. The van der Waals surface area contributed by atoms with E-state index in [1.165, 1.54) is 12.5 Å². The van der Waals surface area contributed by atoms with Gasteiger partial charge in [0.2, 0.25) is 17.7 Å². The van der Waals surface area contributed by atoms with Crippen LogP contribution in [0.3, 0.4) is 0 Å². The van der Waals surface area contributed by atoms with Crippen LogP contribution in [0.25, 0.3) is 10.9 Å². The number of benzene rings is 1. The fraction of sp³-hybridized carbons (Fsp3) is 0.318. The number of carboxylic acid groups (broad SMARTS) is 1. The van der Waals surface area contributed by atoms with E-state index >= 15 is 0 Å². The van der Waals surface area contributed by atoms with Gasteiger partial charge < -0.3 is 41.9 Å². The van der Waals surface area contributed by atoms with Crippen LogP contribution in [0.4, 0.5) is 0 Å². The molecule has 2 aromatic heterocycles. The van der Waals surface area contributed by atoms with E-state index in [2.05, 4.69) is 30.9 Å². The first-order valence-electron chi connectivity index (χ1n) is 10.8. The van der Waals surface area contributed by atoms with Gasteiger partial charge in [-0.25, -0.2) is 9.78 Å². The lowest BCUT2D eigenvalue weighted by atomic mass is 10.0. The predicted octanol–water partition coefficient (Wildman–Crippen LogP) is -1.83. The number of para-hydroxylation sites is 1. The molecule has 0 spiro atoms. The zero-order valence-electron chi connectivity index (χ0n) is 18.7. The lowest BCUT2D eigenvalue weighted by Gasteiger charge is -2.20. The molecule has 3 unspecified atom stereocenters. The van der Waals surface area contributed by atoms with Crippen molar-refractivity contribution in [1.29, 1.82) is 0 Å². The molecule has 3 amide bonds. The molecule has 3 rings (SSSR count). The molecular formula is C22H27N7O6. The highest BCUT2D eigenvalue weighted by Crippen LogP contribution is 2.19. The second-order valence-corrected chi connectivity index (χ2v) is 7.87. The number of H-pyrrole nitrogens is 2. The number of aliphatic hydroxyl groups excluding tert-OH is 1. The Morgan fingerprint density at radius 2 is 1.80 bits per heavy atom. The van der Waals surface area contributed by atoms with Crippen LogP contribution in [0.2, 0.25) is 0 Å². The van der Waals surface area contributed by atoms with Crippen molar-refractivity contribution >= 4 is 34.6 Å². The lowest BCUT2D eigenvalue weighted by Crippen LogP contribution is -2.55. The molecule has 13 nitrogen and oxygen atoms in total. The molecule has 0 radical (unpaired) electrons. The van der Waals surface area contributed by atoms with Gasteiger partial charge in [-0.3, -0.25) is 14.4 Å². The molecule has 0 fully saturated rings. The topological polar surface area (TPSA) is 215 Å². The van der Waals surface area contributed by atoms with E-state index in [1.807, 2.05) is 24.3 Å². The van der Waals surface area contributed by atoms with Crippen molar-refractivity contribution in [3.05, 3.63) is 54.2 Å². The average molecular weight is 486 g/mol. The van der Waals surface area contributed by atoms with Crippen molar-refractivity contribution in [2.75, 3.05) is 13.2 Å². The molecule has 9 N–H and O–H groups in total. The van der Waals surface area contributed by atoms with Crippen LogP contribution in [0.1, 0.15) is 11.3 Å². The SMILES string of the molecule is NC(Cc1cnc[nH]1)C(=O)NCC(=O)NC(CO)C(=O)NC(Cc1c[nH]c2ccccc12)C(=O)O. The maximum Gasteiger partial charge on any atom is 0.326 e. The Kier molecular flexibility index (Phi) is 8.53. The van der Waals surface area contributed by atoms with Crippen LogP contribution in [-0.2, 0) is 32.0 Å². The molecule has 0 aliphatic rings. The van der Waals surface area contributed by atoms with Gasteiger partial charge in [-0.2, -0.15) is 0 Å². The number of aliphatic hydroxyl groups is 1. The molecule has 0 aliphatic heterocycles. The van der Waals surface area contributed by atoms with Gasteiger partial charge in [-0.05, 0) is 11.6 Å². The normalized spacial score (nSPS) is 13.5. The summed E-state index contributed by atoms with van der Waals surface area (Å²) in [6, 6.07) is 3.68. The Balaban J connectivity index is 1.52. The quantitative estimate of drug-likeness (QED) is 0.146. The minimum Gasteiger partial charge on any atom is -0.480 e. The fourth-order valence-electron chi connectivity index (χ4n) is 3.46. The Hall–Kier alpha value is -4.23. The number of fused-ring (bicyclic) bond motifs is 1. The molecule has 0 saturated carbocycles. The number of imidazole rings is 1. The van der Waals surface area contributed by atoms with Crippen LogP contribution < -0.4 is 21.7 Å². The van der Waals surface area contributed by atoms with Crippen molar-refractivity contribution in [3.63, 3.8) is 0 Å². The van der Waals surface area contributed by atoms with Crippen molar-refractivity contribution in [3.8, 4) is 0 Å². The molecule has 0 bridgehead atoms. The summed E-state index contributed by atoms with van der Waals surface area (Å²) in [5.41, 5.74) is 7.95. The fourth-order valence-corrected chi connectivity index (χ4v) is 3.46. The summed E-state index contributed by atoms with van der Waals surface area (Å²) in [7, 11) is 0. The first-order chi connectivity index (χ1) is 16.8. The first-order valence-corrected chi connectivity index (χ1v) is 10.8. The molecular weight excluding hydrogens is 458 g/mol. The largest absolute Gasteiger partial charge is 0.480 e. The van der Waals surface area contributed by atoms with Crippen LogP contribution in [-0.4, -0.2) is 80.1 Å². The minimum absolute atomic E-state index is 0.0124. The average Bonchev–Trinajstić information content (AvgIpc) is 3.50. The minimum atomic E-state index is -1.41. The molecule has 1 aromatic carbocycles. The Morgan fingerprint density at radius 3 is 2.49 bits per heavy atom. The summed E-state index contributed by atoms with van der Waals surface area (Å²) >= 11 is 0. The highest BCUT2D eigenvalue weighted by atomic mass is 16.4. The third-order valence-corrected chi connectivity index (χ3v) is 5.30. The van der Waals surface area contributed by atoms with Gasteiger partial charge in [0, 0.05) is 41.8 Å². The van der Waals surface area contributed by atoms with Gasteiger partial charge in [0.25, 0.3) is 0 Å². The van der Waals surface area contributed by atoms with Gasteiger partial charge >= 0.3 is 5.97 Å². The number of nitrogens with one attached hydrogen (secondary N) is 5. The van der Waals surface area contributed by atoms with E-state index in [9.17, 15) is 29.4 Å². The number of hydrogen-bond donors (Lipinski definition) is 8. The van der Waals surface area contributed by atoms with E-state index in [0.29, 0.717) is 11.3 Å². The molecule has 186 valence electrons. The number of aromatic nitrogens is 3. The summed E-state index contributed by atoms with van der Waals surface area (Å²) in [5, 5.41) is 26.9. The number of rotatable bonds is 12. The number of amides is 3. The van der Waals surface area contributed by atoms with Crippen LogP contribution >= 0.6 is 0 Å². The Bertz CT molecular complexity index is 1180. The van der Waals surface area contributed by atoms with Crippen molar-refractivity contribution in [2.45, 2.75) is 31.0 Å². The maximum atomic E-state index is 12.6. The van der Waals surface area contributed by atoms with E-state index in [0.717, 1.165) is 10.9 Å². The van der Waals surface area contributed by atoms with Crippen LogP contribution in [0, 0.1) is 0 Å². The van der Waals surface area contributed by atoms with Crippen molar-refractivity contribution < 1.29 is 29.4 Å². The van der Waals surface area contributed by atoms with E-state index in [-0.39, 0.29) is 12.8 Å². The van der Waals surface area contributed by atoms with E-state index in [1.54, 1.807) is 6.20 Å². The number of aliphatic carboxylic acids is 1. The summed E-state index contributed by atoms with van der Waals surface area (Å²) < 4.78 is 0. The predicted molar refractivity (Wildman–Crippen MR) is 124 cm³/mol. The summed E-state index contributed by atoms with van der Waals surface area (Å²) in [6.07, 6.45) is 4.80. The monoisotopic (exact) mass is 485 g/mol. The molecule has 13 heteroatoms. The molecule has 35 heavy (non-hydrogen) atoms. The molecule has 3 aromatic rings. The highest BCUT2D eigenvalue weighted by Gasteiger charge is 2.27. The zero-order chi connectivity index (χ0) is 25.4. The van der Waals surface area contributed by atoms with Gasteiger partial charge in [-0.1, -0.05) is 18.2 Å². The highest BCUT2D eigenvalue weighted by molar-refractivity contribution is 5.93. The third kappa shape index (κ3) is 6.88. The number of carboxylic acids is 1. The van der Waals surface area contributed by atoms with Gasteiger partial charge in [0.15, 0.2) is 0 Å². The van der Waals surface area contributed by atoms with Crippen molar-refractivity contribution in [2.24, 2.45) is 5.73 Å². The smallest absolute Gasteiger partial charge is 0.326 e. The Morgan fingerprint density at radius 1 is 1.03 bits per heavy atom. The van der Waals surface area contributed by atoms with Crippen LogP contribution in [0.5, 0.6) is 0 Å². The number of aromatic amines is 2. The summed E-state index contributed by atoms with van der Waals surface area (Å²) in [5.74, 6) is -3.50. The molecule has 2 heterocycles. The number of nitrogens with zero attached hydrogens (tertiary/aromatic N) is 1.